The molecule has 0 radical (unpaired) electrons. The van der Waals surface area contributed by atoms with Crippen molar-refractivity contribution in [3.8, 4) is 21.6 Å². The van der Waals surface area contributed by atoms with Crippen LogP contribution in [0.15, 0.2) is 48.5 Å². The maximum Gasteiger partial charge on any atom is 0.168 e. The van der Waals surface area contributed by atoms with Gasteiger partial charge in [0.15, 0.2) is 11.6 Å². The first-order valence-electron chi connectivity index (χ1n) is 9.93. The van der Waals surface area contributed by atoms with Crippen LogP contribution in [-0.2, 0) is 17.6 Å². The van der Waals surface area contributed by atoms with Crippen LogP contribution in [0.4, 0.5) is 8.78 Å². The van der Waals surface area contributed by atoms with Crippen molar-refractivity contribution < 1.29 is 13.5 Å². The maximum absolute atomic E-state index is 14.9. The third kappa shape index (κ3) is 4.03. The van der Waals surface area contributed by atoms with Crippen LogP contribution in [0, 0.1) is 11.6 Å². The Morgan fingerprint density at radius 3 is 2.43 bits per heavy atom. The molecule has 0 saturated carbocycles. The van der Waals surface area contributed by atoms with E-state index in [0.29, 0.717) is 16.7 Å². The SMILES string of the molecule is CCCc1ccc(-c2ccc(-c3ccc(CC4CCCO4)s3)c(F)c2F)cc1. The lowest BCUT2D eigenvalue weighted by molar-refractivity contribution is 0.112. The standard InChI is InChI=1S/C24H24F2OS/c1-2-4-16-6-8-17(9-7-16)20-11-12-21(24(26)23(20)25)22-13-10-19(28-22)15-18-5-3-14-27-18/h6-13,18H,2-5,14-15H2,1H3. The van der Waals surface area contributed by atoms with E-state index < -0.39 is 11.6 Å². The van der Waals surface area contributed by atoms with Gasteiger partial charge in [-0.15, -0.1) is 11.3 Å². The molecule has 1 aliphatic rings. The van der Waals surface area contributed by atoms with Crippen LogP contribution in [0.3, 0.4) is 0 Å². The normalized spacial score (nSPS) is 16.6. The third-order valence-electron chi connectivity index (χ3n) is 5.27. The predicted molar refractivity (Wildman–Crippen MR) is 112 cm³/mol. The van der Waals surface area contributed by atoms with Crippen molar-refractivity contribution in [3.05, 3.63) is 70.6 Å². The summed E-state index contributed by atoms with van der Waals surface area (Å²) in [7, 11) is 0. The lowest BCUT2D eigenvalue weighted by Gasteiger charge is -2.09. The molecule has 4 heteroatoms. The van der Waals surface area contributed by atoms with E-state index in [1.807, 2.05) is 36.4 Å². The molecule has 2 heterocycles. The second-order valence-corrected chi connectivity index (χ2v) is 8.51. The third-order valence-corrected chi connectivity index (χ3v) is 6.41. The van der Waals surface area contributed by atoms with E-state index >= 15 is 0 Å². The van der Waals surface area contributed by atoms with Gasteiger partial charge in [0.25, 0.3) is 0 Å². The van der Waals surface area contributed by atoms with Crippen LogP contribution in [-0.4, -0.2) is 12.7 Å². The summed E-state index contributed by atoms with van der Waals surface area (Å²) in [6.07, 6.45) is 5.32. The molecule has 0 N–H and O–H groups in total. The van der Waals surface area contributed by atoms with Gasteiger partial charge in [0.1, 0.15) is 0 Å². The van der Waals surface area contributed by atoms with E-state index in [-0.39, 0.29) is 6.10 Å². The summed E-state index contributed by atoms with van der Waals surface area (Å²) in [5.41, 5.74) is 2.54. The summed E-state index contributed by atoms with van der Waals surface area (Å²) < 4.78 is 35.4. The van der Waals surface area contributed by atoms with Crippen LogP contribution >= 0.6 is 11.3 Å². The number of halogens is 2. The number of thiophene rings is 1. The van der Waals surface area contributed by atoms with Crippen LogP contribution in [0.2, 0.25) is 0 Å². The Hall–Kier alpha value is -2.04. The number of aryl methyl sites for hydroxylation is 1. The Labute approximate surface area is 169 Å². The fourth-order valence-electron chi connectivity index (χ4n) is 3.76. The van der Waals surface area contributed by atoms with E-state index in [9.17, 15) is 8.78 Å². The molecule has 28 heavy (non-hydrogen) atoms. The largest absolute Gasteiger partial charge is 0.378 e. The average Bonchev–Trinajstić information content (AvgIpc) is 3.38. The molecule has 1 fully saturated rings. The fourth-order valence-corrected chi connectivity index (χ4v) is 4.86. The molecule has 0 amide bonds. The van der Waals surface area contributed by atoms with E-state index in [2.05, 4.69) is 6.92 Å². The molecule has 0 aliphatic carbocycles. The Morgan fingerprint density at radius 2 is 1.71 bits per heavy atom. The van der Waals surface area contributed by atoms with Crippen molar-refractivity contribution in [1.82, 2.24) is 0 Å². The molecule has 1 atom stereocenters. The monoisotopic (exact) mass is 398 g/mol. The summed E-state index contributed by atoms with van der Waals surface area (Å²) in [4.78, 5) is 1.91. The Morgan fingerprint density at radius 1 is 0.964 bits per heavy atom. The summed E-state index contributed by atoms with van der Waals surface area (Å²) in [6.45, 7) is 2.95. The quantitative estimate of drug-likeness (QED) is 0.433. The molecule has 2 aromatic carbocycles. The molecular weight excluding hydrogens is 374 g/mol. The molecular formula is C24H24F2OS. The van der Waals surface area contributed by atoms with Gasteiger partial charge in [-0.1, -0.05) is 43.7 Å². The van der Waals surface area contributed by atoms with E-state index in [0.717, 1.165) is 48.5 Å². The van der Waals surface area contributed by atoms with Gasteiger partial charge in [-0.2, -0.15) is 0 Å². The van der Waals surface area contributed by atoms with Crippen molar-refractivity contribution in [2.24, 2.45) is 0 Å². The van der Waals surface area contributed by atoms with E-state index in [1.165, 1.54) is 16.9 Å². The molecule has 1 aromatic heterocycles. The number of hydrogen-bond donors (Lipinski definition) is 0. The average molecular weight is 399 g/mol. The summed E-state index contributed by atoms with van der Waals surface area (Å²) in [6, 6.07) is 15.0. The highest BCUT2D eigenvalue weighted by Crippen LogP contribution is 2.35. The van der Waals surface area contributed by atoms with Gasteiger partial charge in [-0.05, 0) is 48.6 Å². The molecule has 146 valence electrons. The summed E-state index contributed by atoms with van der Waals surface area (Å²) in [5.74, 6) is -1.56. The van der Waals surface area contributed by atoms with Crippen LogP contribution < -0.4 is 0 Å². The highest BCUT2D eigenvalue weighted by molar-refractivity contribution is 7.15. The van der Waals surface area contributed by atoms with Gasteiger partial charge < -0.3 is 4.74 Å². The second-order valence-electron chi connectivity index (χ2n) is 7.34. The molecule has 1 aliphatic heterocycles. The number of ether oxygens (including phenoxy) is 1. The minimum absolute atomic E-state index is 0.256. The minimum atomic E-state index is -0.783. The zero-order valence-electron chi connectivity index (χ0n) is 16.0. The number of benzene rings is 2. The van der Waals surface area contributed by atoms with Crippen LogP contribution in [0.1, 0.15) is 36.6 Å². The number of hydrogen-bond acceptors (Lipinski definition) is 2. The van der Waals surface area contributed by atoms with Crippen molar-refractivity contribution >= 4 is 11.3 Å². The maximum atomic E-state index is 14.9. The fraction of sp³-hybridized carbons (Fsp3) is 0.333. The van der Waals surface area contributed by atoms with Gasteiger partial charge in [-0.25, -0.2) is 8.78 Å². The van der Waals surface area contributed by atoms with Gasteiger partial charge in [0, 0.05) is 33.9 Å². The predicted octanol–water partition coefficient (Wildman–Crippen LogP) is 7.03. The van der Waals surface area contributed by atoms with Crippen molar-refractivity contribution in [3.63, 3.8) is 0 Å². The Balaban J connectivity index is 1.58. The molecule has 1 unspecified atom stereocenters. The van der Waals surface area contributed by atoms with Gasteiger partial charge >= 0.3 is 0 Å². The molecule has 0 spiro atoms. The first-order chi connectivity index (χ1) is 13.7. The topological polar surface area (TPSA) is 9.23 Å². The van der Waals surface area contributed by atoms with Gasteiger partial charge in [0.2, 0.25) is 0 Å². The highest BCUT2D eigenvalue weighted by Gasteiger charge is 2.20. The van der Waals surface area contributed by atoms with Gasteiger partial charge in [-0.3, -0.25) is 0 Å². The lowest BCUT2D eigenvalue weighted by Crippen LogP contribution is -2.07. The van der Waals surface area contributed by atoms with E-state index in [4.69, 9.17) is 4.74 Å². The smallest absolute Gasteiger partial charge is 0.168 e. The molecule has 3 aromatic rings. The second kappa shape index (κ2) is 8.54. The summed E-state index contributed by atoms with van der Waals surface area (Å²) >= 11 is 1.52. The van der Waals surface area contributed by atoms with E-state index in [1.54, 1.807) is 12.1 Å². The molecule has 4 rings (SSSR count). The Kier molecular flexibility index (Phi) is 5.88. The van der Waals surface area contributed by atoms with Crippen LogP contribution in [0.25, 0.3) is 21.6 Å². The van der Waals surface area contributed by atoms with Crippen molar-refractivity contribution in [2.75, 3.05) is 6.61 Å². The van der Waals surface area contributed by atoms with Crippen LogP contribution in [0.5, 0.6) is 0 Å². The molecule has 1 nitrogen and oxygen atoms in total. The van der Waals surface area contributed by atoms with Crippen molar-refractivity contribution in [1.29, 1.82) is 0 Å². The summed E-state index contributed by atoms with van der Waals surface area (Å²) in [5, 5.41) is 0. The molecule has 1 saturated heterocycles. The number of rotatable bonds is 6. The zero-order chi connectivity index (χ0) is 19.5. The highest BCUT2D eigenvalue weighted by atomic mass is 32.1. The van der Waals surface area contributed by atoms with Gasteiger partial charge in [0.05, 0.1) is 6.10 Å². The Bertz CT molecular complexity index is 940. The molecule has 0 bridgehead atoms. The first-order valence-corrected chi connectivity index (χ1v) is 10.8. The zero-order valence-corrected chi connectivity index (χ0v) is 16.8. The minimum Gasteiger partial charge on any atom is -0.378 e. The first kappa shape index (κ1) is 19.3. The van der Waals surface area contributed by atoms with Crippen molar-refractivity contribution in [2.45, 2.75) is 45.1 Å². The lowest BCUT2D eigenvalue weighted by atomic mass is 10.00.